The van der Waals surface area contributed by atoms with Crippen LogP contribution < -0.4 is 16.4 Å². The molecule has 5 N–H and O–H groups in total. The summed E-state index contributed by atoms with van der Waals surface area (Å²) in [5, 5.41) is 6.33. The van der Waals surface area contributed by atoms with E-state index >= 15 is 0 Å². The Morgan fingerprint density at radius 1 is 0.968 bits per heavy atom. The number of anilines is 1. The molecular weight excluding hydrogens is 390 g/mol. The van der Waals surface area contributed by atoms with Gasteiger partial charge >= 0.3 is 6.03 Å². The zero-order valence-electron chi connectivity index (χ0n) is 16.6. The molecule has 154 valence electrons. The van der Waals surface area contributed by atoms with Gasteiger partial charge in [0.15, 0.2) is 0 Å². The minimum absolute atomic E-state index is 0.345. The Balaban J connectivity index is 1.51. The molecule has 0 atom stereocenters. The van der Waals surface area contributed by atoms with Crippen molar-refractivity contribution >= 4 is 40.4 Å². The molecule has 4 rings (SSSR count). The van der Waals surface area contributed by atoms with Gasteiger partial charge in [-0.25, -0.2) is 9.78 Å². The highest BCUT2D eigenvalue weighted by Gasteiger charge is 2.11. The summed E-state index contributed by atoms with van der Waals surface area (Å²) < 4.78 is 0. The summed E-state index contributed by atoms with van der Waals surface area (Å²) >= 11 is 0. The van der Waals surface area contributed by atoms with E-state index in [1.807, 2.05) is 66.7 Å². The summed E-state index contributed by atoms with van der Waals surface area (Å²) in [6.45, 7) is 0.418. The zero-order valence-corrected chi connectivity index (χ0v) is 16.6. The number of benzene rings is 2. The normalized spacial score (nSPS) is 11.3. The minimum Gasteiger partial charge on any atom is -0.366 e. The van der Waals surface area contributed by atoms with Crippen molar-refractivity contribution in [2.45, 2.75) is 6.54 Å². The van der Waals surface area contributed by atoms with Crippen molar-refractivity contribution in [1.29, 1.82) is 0 Å². The number of nitrogens with zero attached hydrogens (tertiary/aromatic N) is 1. The first-order chi connectivity index (χ1) is 15.1. The Kier molecular flexibility index (Phi) is 5.75. The van der Waals surface area contributed by atoms with E-state index in [0.717, 1.165) is 22.1 Å². The summed E-state index contributed by atoms with van der Waals surface area (Å²) in [5.41, 5.74) is 9.11. The third-order valence-electron chi connectivity index (χ3n) is 4.76. The van der Waals surface area contributed by atoms with E-state index in [4.69, 9.17) is 5.73 Å². The van der Waals surface area contributed by atoms with Crippen LogP contribution >= 0.6 is 0 Å². The van der Waals surface area contributed by atoms with Gasteiger partial charge in [-0.15, -0.1) is 0 Å². The fourth-order valence-corrected chi connectivity index (χ4v) is 3.22. The second-order valence-electron chi connectivity index (χ2n) is 6.92. The molecule has 2 aromatic carbocycles. The van der Waals surface area contributed by atoms with E-state index in [1.165, 1.54) is 0 Å². The SMILES string of the molecule is NC(=O)/C(=C/c1c[nH]c2nc(NC(=O)NCc3ccccc3)ccc12)c1ccccc1. The molecule has 2 aromatic heterocycles. The highest BCUT2D eigenvalue weighted by atomic mass is 16.2. The molecule has 0 radical (unpaired) electrons. The first-order valence-corrected chi connectivity index (χ1v) is 9.74. The fourth-order valence-electron chi connectivity index (χ4n) is 3.22. The number of H-pyrrole nitrogens is 1. The van der Waals surface area contributed by atoms with Crippen LogP contribution in [0.15, 0.2) is 79.0 Å². The van der Waals surface area contributed by atoms with Crippen LogP contribution in [0.3, 0.4) is 0 Å². The zero-order chi connectivity index (χ0) is 21.6. The number of primary amides is 1. The van der Waals surface area contributed by atoms with Gasteiger partial charge in [-0.1, -0.05) is 60.7 Å². The van der Waals surface area contributed by atoms with Gasteiger partial charge < -0.3 is 16.0 Å². The highest BCUT2D eigenvalue weighted by Crippen LogP contribution is 2.24. The maximum absolute atomic E-state index is 12.2. The molecular formula is C24H21N5O2. The Morgan fingerprint density at radius 3 is 2.39 bits per heavy atom. The topological polar surface area (TPSA) is 113 Å². The second kappa shape index (κ2) is 8.96. The molecule has 7 heteroatoms. The summed E-state index contributed by atoms with van der Waals surface area (Å²) in [7, 11) is 0. The van der Waals surface area contributed by atoms with Gasteiger partial charge in [0, 0.05) is 29.3 Å². The van der Waals surface area contributed by atoms with Crippen LogP contribution in [0, 0.1) is 0 Å². The Labute approximate surface area is 179 Å². The van der Waals surface area contributed by atoms with Crippen molar-refractivity contribution in [2.24, 2.45) is 5.73 Å². The van der Waals surface area contributed by atoms with Crippen molar-refractivity contribution in [3.8, 4) is 0 Å². The molecule has 0 saturated carbocycles. The van der Waals surface area contributed by atoms with Crippen LogP contribution in [0.25, 0.3) is 22.7 Å². The Hall–Kier alpha value is -4.39. The van der Waals surface area contributed by atoms with Gasteiger partial charge in [-0.3, -0.25) is 10.1 Å². The largest absolute Gasteiger partial charge is 0.366 e. The molecule has 0 spiro atoms. The lowest BCUT2D eigenvalue weighted by atomic mass is 10.0. The minimum atomic E-state index is -0.512. The van der Waals surface area contributed by atoms with Crippen molar-refractivity contribution in [3.63, 3.8) is 0 Å². The predicted molar refractivity (Wildman–Crippen MR) is 122 cm³/mol. The van der Waals surface area contributed by atoms with Crippen LogP contribution in [0.2, 0.25) is 0 Å². The van der Waals surface area contributed by atoms with Crippen molar-refractivity contribution < 1.29 is 9.59 Å². The van der Waals surface area contributed by atoms with Crippen LogP contribution in [0.5, 0.6) is 0 Å². The third kappa shape index (κ3) is 4.79. The van der Waals surface area contributed by atoms with Gasteiger partial charge in [0.25, 0.3) is 0 Å². The average Bonchev–Trinajstić information content (AvgIpc) is 3.19. The van der Waals surface area contributed by atoms with Gasteiger partial charge in [-0.2, -0.15) is 0 Å². The number of nitrogens with two attached hydrogens (primary N) is 1. The number of carbonyl (C=O) groups is 2. The van der Waals surface area contributed by atoms with E-state index in [0.29, 0.717) is 23.6 Å². The highest BCUT2D eigenvalue weighted by molar-refractivity contribution is 6.24. The third-order valence-corrected chi connectivity index (χ3v) is 4.76. The van der Waals surface area contributed by atoms with Crippen molar-refractivity contribution in [1.82, 2.24) is 15.3 Å². The molecule has 0 fully saturated rings. The average molecular weight is 411 g/mol. The number of carbonyl (C=O) groups excluding carboxylic acids is 2. The summed E-state index contributed by atoms with van der Waals surface area (Å²) in [6, 6.07) is 22.1. The summed E-state index contributed by atoms with van der Waals surface area (Å²) in [5.74, 6) is -0.101. The molecule has 0 aliphatic heterocycles. The van der Waals surface area contributed by atoms with E-state index in [2.05, 4.69) is 20.6 Å². The molecule has 4 aromatic rings. The molecule has 7 nitrogen and oxygen atoms in total. The molecule has 31 heavy (non-hydrogen) atoms. The predicted octanol–water partition coefficient (Wildman–Crippen LogP) is 3.91. The lowest BCUT2D eigenvalue weighted by Gasteiger charge is -2.07. The molecule has 2 heterocycles. The van der Waals surface area contributed by atoms with Gasteiger partial charge in [0.1, 0.15) is 11.5 Å². The number of aromatic nitrogens is 2. The fraction of sp³-hybridized carbons (Fsp3) is 0.0417. The smallest absolute Gasteiger partial charge is 0.320 e. The Bertz CT molecular complexity index is 1250. The summed E-state index contributed by atoms with van der Waals surface area (Å²) in [6.07, 6.45) is 3.49. The number of amides is 3. The summed E-state index contributed by atoms with van der Waals surface area (Å²) in [4.78, 5) is 31.7. The molecule has 0 saturated heterocycles. The van der Waals surface area contributed by atoms with Crippen molar-refractivity contribution in [3.05, 3.63) is 95.7 Å². The molecule has 0 unspecified atom stereocenters. The van der Waals surface area contributed by atoms with Crippen LogP contribution in [0.4, 0.5) is 10.6 Å². The number of nitrogens with one attached hydrogen (secondary N) is 3. The standard InChI is InChI=1S/C24H21N5O2/c25-22(30)20(17-9-5-2-6-10-17)13-18-15-26-23-19(18)11-12-21(28-23)29-24(31)27-14-16-7-3-1-4-8-16/h1-13,15H,14H2,(H2,25,30)(H3,26,27,28,29,31)/b20-13+. The van der Waals surface area contributed by atoms with Crippen LogP contribution in [-0.2, 0) is 11.3 Å². The van der Waals surface area contributed by atoms with Gasteiger partial charge in [-0.05, 0) is 29.3 Å². The maximum Gasteiger partial charge on any atom is 0.320 e. The lowest BCUT2D eigenvalue weighted by molar-refractivity contribution is -0.112. The number of urea groups is 1. The quantitative estimate of drug-likeness (QED) is 0.361. The Morgan fingerprint density at radius 2 is 1.68 bits per heavy atom. The van der Waals surface area contributed by atoms with Crippen molar-refractivity contribution in [2.75, 3.05) is 5.32 Å². The van der Waals surface area contributed by atoms with E-state index in [1.54, 1.807) is 18.3 Å². The number of fused-ring (bicyclic) bond motifs is 1. The van der Waals surface area contributed by atoms with Gasteiger partial charge in [0.05, 0.1) is 0 Å². The maximum atomic E-state index is 12.2. The first-order valence-electron chi connectivity index (χ1n) is 9.74. The molecule has 0 aliphatic rings. The number of aromatic amines is 1. The number of pyridine rings is 1. The molecule has 0 aliphatic carbocycles. The second-order valence-corrected chi connectivity index (χ2v) is 6.92. The van der Waals surface area contributed by atoms with E-state index in [9.17, 15) is 9.59 Å². The number of hydrogen-bond donors (Lipinski definition) is 4. The van der Waals surface area contributed by atoms with Crippen LogP contribution in [-0.4, -0.2) is 21.9 Å². The molecule has 0 bridgehead atoms. The number of rotatable bonds is 6. The first kappa shape index (κ1) is 19.9. The van der Waals surface area contributed by atoms with E-state index < -0.39 is 5.91 Å². The van der Waals surface area contributed by atoms with E-state index in [-0.39, 0.29) is 6.03 Å². The lowest BCUT2D eigenvalue weighted by Crippen LogP contribution is -2.28. The van der Waals surface area contributed by atoms with Gasteiger partial charge in [0.2, 0.25) is 5.91 Å². The number of hydrogen-bond acceptors (Lipinski definition) is 3. The molecule has 3 amide bonds. The monoisotopic (exact) mass is 411 g/mol. The van der Waals surface area contributed by atoms with Crippen LogP contribution in [0.1, 0.15) is 16.7 Å².